The van der Waals surface area contributed by atoms with E-state index in [4.69, 9.17) is 0 Å². The van der Waals surface area contributed by atoms with Crippen LogP contribution in [0.15, 0.2) is 0 Å². The maximum absolute atomic E-state index is 2.53. The van der Waals surface area contributed by atoms with E-state index in [9.17, 15) is 0 Å². The van der Waals surface area contributed by atoms with Crippen molar-refractivity contribution in [2.45, 2.75) is 53.4 Å². The van der Waals surface area contributed by atoms with Crippen LogP contribution in [0.25, 0.3) is 0 Å². The summed E-state index contributed by atoms with van der Waals surface area (Å²) in [7, 11) is 2.35. The minimum absolute atomic E-state index is 1.07. The van der Waals surface area contributed by atoms with E-state index < -0.39 is 0 Å². The normalized spacial score (nSPS) is 20.0. The van der Waals surface area contributed by atoms with Crippen LogP contribution in [-0.2, 0) is 0 Å². The van der Waals surface area contributed by atoms with Crippen LogP contribution in [0.2, 0.25) is 0 Å². The lowest BCUT2D eigenvalue weighted by Gasteiger charge is -2.37. The smallest absolute Gasteiger partial charge is 0.147 e. The number of hydrogen-bond acceptors (Lipinski definition) is 1. The van der Waals surface area contributed by atoms with Crippen LogP contribution >= 0.6 is 0 Å². The molecule has 2 rings (SSSR count). The highest BCUT2D eigenvalue weighted by molar-refractivity contribution is 6.39. The van der Waals surface area contributed by atoms with Crippen LogP contribution in [0, 0.1) is 5.92 Å². The molecule has 1 saturated heterocycles. The fourth-order valence-corrected chi connectivity index (χ4v) is 1.50. The van der Waals surface area contributed by atoms with Gasteiger partial charge in [-0.1, -0.05) is 40.5 Å². The van der Waals surface area contributed by atoms with Crippen LogP contribution in [0.3, 0.4) is 0 Å². The highest BCUT2D eigenvalue weighted by atomic mass is 15.1. The molecule has 1 nitrogen and oxygen atoms in total. The maximum atomic E-state index is 2.53. The Hall–Kier alpha value is 0.0249. The quantitative estimate of drug-likeness (QED) is 0.613. The largest absolute Gasteiger partial charge is 0.319 e. The van der Waals surface area contributed by atoms with Crippen molar-refractivity contribution in [1.29, 1.82) is 0 Å². The molecule has 1 heterocycles. The zero-order valence-electron chi connectivity index (χ0n) is 10.6. The zero-order chi connectivity index (χ0) is 10.8. The highest BCUT2D eigenvalue weighted by Crippen LogP contribution is 2.27. The molecule has 1 aliphatic heterocycles. The Morgan fingerprint density at radius 3 is 1.86 bits per heavy atom. The van der Waals surface area contributed by atoms with Crippen LogP contribution in [0.1, 0.15) is 53.4 Å². The fraction of sp³-hybridized carbons (Fsp3) is 1.00. The summed E-state index contributed by atoms with van der Waals surface area (Å²) in [6.07, 6.45) is 8.25. The van der Waals surface area contributed by atoms with Crippen molar-refractivity contribution >= 4 is 7.28 Å². The molecule has 0 spiro atoms. The third kappa shape index (κ3) is 5.69. The Balaban J connectivity index is 0.000000294. The second-order valence-corrected chi connectivity index (χ2v) is 4.01. The third-order valence-electron chi connectivity index (χ3n) is 2.52. The SMILES string of the molecule is CC.CCC.[B]1CN(CC2CCC2)C1. The maximum Gasteiger partial charge on any atom is 0.147 e. The Labute approximate surface area is 91.5 Å². The van der Waals surface area contributed by atoms with Crippen LogP contribution in [-0.4, -0.2) is 31.6 Å². The van der Waals surface area contributed by atoms with Gasteiger partial charge in [0.2, 0.25) is 0 Å². The van der Waals surface area contributed by atoms with Crippen molar-refractivity contribution < 1.29 is 0 Å². The van der Waals surface area contributed by atoms with E-state index in [1.54, 1.807) is 0 Å². The summed E-state index contributed by atoms with van der Waals surface area (Å²) < 4.78 is 0. The van der Waals surface area contributed by atoms with Gasteiger partial charge in [-0.15, -0.1) is 0 Å². The van der Waals surface area contributed by atoms with Gasteiger partial charge in [-0.05, 0) is 38.2 Å². The Kier molecular flexibility index (Phi) is 9.59. The lowest BCUT2D eigenvalue weighted by atomic mass is 9.68. The Bertz CT molecular complexity index is 96.9. The van der Waals surface area contributed by atoms with E-state index in [1.807, 2.05) is 13.8 Å². The van der Waals surface area contributed by atoms with Crippen molar-refractivity contribution in [3.63, 3.8) is 0 Å². The van der Waals surface area contributed by atoms with E-state index in [1.165, 1.54) is 45.1 Å². The minimum Gasteiger partial charge on any atom is -0.319 e. The molecule has 0 aromatic heterocycles. The van der Waals surface area contributed by atoms with Crippen LogP contribution in [0.5, 0.6) is 0 Å². The average Bonchev–Trinajstić information content (AvgIpc) is 2.04. The molecule has 83 valence electrons. The first-order chi connectivity index (χ1) is 6.86. The zero-order valence-corrected chi connectivity index (χ0v) is 10.6. The predicted molar refractivity (Wildman–Crippen MR) is 66.8 cm³/mol. The summed E-state index contributed by atoms with van der Waals surface area (Å²) in [4.78, 5) is 2.53. The molecule has 0 N–H and O–H groups in total. The molecule has 0 aromatic rings. The van der Waals surface area contributed by atoms with Gasteiger partial charge in [0.25, 0.3) is 0 Å². The Morgan fingerprint density at radius 1 is 1.14 bits per heavy atom. The van der Waals surface area contributed by atoms with E-state index in [0.29, 0.717) is 0 Å². The van der Waals surface area contributed by atoms with Gasteiger partial charge in [0.15, 0.2) is 0 Å². The second kappa shape index (κ2) is 9.58. The summed E-state index contributed by atoms with van der Waals surface area (Å²) >= 11 is 0. The summed E-state index contributed by atoms with van der Waals surface area (Å²) in [6.45, 7) is 9.64. The van der Waals surface area contributed by atoms with Gasteiger partial charge in [0.1, 0.15) is 7.28 Å². The topological polar surface area (TPSA) is 3.24 Å². The summed E-state index contributed by atoms with van der Waals surface area (Å²) in [5.41, 5.74) is 0. The molecule has 2 aliphatic rings. The highest BCUT2D eigenvalue weighted by Gasteiger charge is 2.23. The molecule has 0 amide bonds. The molecule has 0 aromatic carbocycles. The first kappa shape index (κ1) is 14.0. The molecule has 2 fully saturated rings. The summed E-state index contributed by atoms with van der Waals surface area (Å²) in [5, 5.41) is 0. The molecular weight excluding hydrogens is 169 g/mol. The van der Waals surface area contributed by atoms with E-state index >= 15 is 0 Å². The standard InChI is InChI=1S/C7H13BN.C3H8.C2H6/c1-2-7(3-1)4-9-5-8-6-9;1-3-2;1-2/h7H,1-6H2;3H2,1-2H3;1-2H3. The van der Waals surface area contributed by atoms with Crippen molar-refractivity contribution in [3.8, 4) is 0 Å². The van der Waals surface area contributed by atoms with Gasteiger partial charge in [-0.3, -0.25) is 0 Å². The van der Waals surface area contributed by atoms with Crippen molar-refractivity contribution in [3.05, 3.63) is 0 Å². The van der Waals surface area contributed by atoms with Crippen LogP contribution in [0.4, 0.5) is 0 Å². The lowest BCUT2D eigenvalue weighted by Crippen LogP contribution is -2.48. The summed E-state index contributed by atoms with van der Waals surface area (Å²) in [6, 6.07) is 0. The van der Waals surface area contributed by atoms with E-state index in [2.05, 4.69) is 26.0 Å². The Morgan fingerprint density at radius 2 is 1.64 bits per heavy atom. The molecule has 1 aliphatic carbocycles. The minimum atomic E-state index is 1.07. The monoisotopic (exact) mass is 196 g/mol. The first-order valence-corrected chi connectivity index (χ1v) is 6.40. The molecule has 0 atom stereocenters. The number of nitrogens with zero attached hydrogens (tertiary/aromatic N) is 1. The molecular formula is C12H27BN. The van der Waals surface area contributed by atoms with Gasteiger partial charge in [-0.2, -0.15) is 0 Å². The molecule has 0 bridgehead atoms. The van der Waals surface area contributed by atoms with E-state index in [0.717, 1.165) is 5.92 Å². The van der Waals surface area contributed by atoms with Gasteiger partial charge in [0, 0.05) is 0 Å². The number of rotatable bonds is 2. The third-order valence-corrected chi connectivity index (χ3v) is 2.52. The molecule has 14 heavy (non-hydrogen) atoms. The first-order valence-electron chi connectivity index (χ1n) is 6.40. The molecule has 0 unspecified atom stereocenters. The van der Waals surface area contributed by atoms with Crippen molar-refractivity contribution in [1.82, 2.24) is 4.90 Å². The second-order valence-electron chi connectivity index (χ2n) is 4.01. The molecule has 2 heteroatoms. The van der Waals surface area contributed by atoms with Crippen LogP contribution < -0.4 is 0 Å². The van der Waals surface area contributed by atoms with Crippen molar-refractivity contribution in [2.75, 3.05) is 19.4 Å². The number of hydrogen-bond donors (Lipinski definition) is 0. The molecule has 1 radical (unpaired) electrons. The van der Waals surface area contributed by atoms with Crippen molar-refractivity contribution in [2.24, 2.45) is 5.92 Å². The van der Waals surface area contributed by atoms with Gasteiger partial charge >= 0.3 is 0 Å². The van der Waals surface area contributed by atoms with Gasteiger partial charge in [0.05, 0.1) is 0 Å². The lowest BCUT2D eigenvalue weighted by molar-refractivity contribution is 0.199. The molecule has 1 saturated carbocycles. The van der Waals surface area contributed by atoms with E-state index in [-0.39, 0.29) is 0 Å². The van der Waals surface area contributed by atoms with Gasteiger partial charge < -0.3 is 4.90 Å². The fourth-order valence-electron chi connectivity index (χ4n) is 1.50. The van der Waals surface area contributed by atoms with Gasteiger partial charge in [-0.25, -0.2) is 0 Å². The predicted octanol–water partition coefficient (Wildman–Crippen LogP) is 3.16. The summed E-state index contributed by atoms with van der Waals surface area (Å²) in [5.74, 6) is 1.07. The average molecular weight is 196 g/mol.